The molecule has 4 aromatic heterocycles. The molecule has 0 amide bonds. The Hall–Kier alpha value is -3.72. The Morgan fingerprint density at radius 2 is 1.92 bits per heavy atom. The van der Waals surface area contributed by atoms with Crippen molar-refractivity contribution in [3.63, 3.8) is 0 Å². The van der Waals surface area contributed by atoms with E-state index in [0.717, 1.165) is 48.3 Å². The lowest BCUT2D eigenvalue weighted by Gasteiger charge is -2.14. The van der Waals surface area contributed by atoms with Gasteiger partial charge in [0.15, 0.2) is 4.34 Å². The summed E-state index contributed by atoms with van der Waals surface area (Å²) in [4.78, 5) is 19.0. The van der Waals surface area contributed by atoms with Gasteiger partial charge in [0.25, 0.3) is 0 Å². The number of halogens is 1. The second kappa shape index (κ2) is 10.3. The third-order valence-electron chi connectivity index (χ3n) is 5.78. The fourth-order valence-electron chi connectivity index (χ4n) is 4.02. The van der Waals surface area contributed by atoms with Gasteiger partial charge in [-0.2, -0.15) is 0 Å². The molecule has 6 aromatic rings. The summed E-state index contributed by atoms with van der Waals surface area (Å²) in [5.41, 5.74) is 5.58. The Bertz CT molecular complexity index is 1690. The number of fused-ring (bicyclic) bond motifs is 1. The molecule has 37 heavy (non-hydrogen) atoms. The summed E-state index contributed by atoms with van der Waals surface area (Å²) in [5, 5.41) is 3.59. The van der Waals surface area contributed by atoms with E-state index in [2.05, 4.69) is 27.5 Å². The van der Waals surface area contributed by atoms with Crippen molar-refractivity contribution in [2.24, 2.45) is 0 Å². The number of pyridine rings is 2. The topological polar surface area (TPSA) is 65.7 Å². The second-order valence-corrected chi connectivity index (χ2v) is 10.8. The van der Waals surface area contributed by atoms with Crippen LogP contribution in [0.3, 0.4) is 0 Å². The minimum atomic E-state index is 0.274. The second-order valence-electron chi connectivity index (χ2n) is 8.26. The van der Waals surface area contributed by atoms with E-state index >= 15 is 0 Å². The van der Waals surface area contributed by atoms with Gasteiger partial charge in [0.05, 0.1) is 22.7 Å². The van der Waals surface area contributed by atoms with Crippen molar-refractivity contribution in [3.8, 4) is 22.7 Å². The van der Waals surface area contributed by atoms with Gasteiger partial charge in [0.2, 0.25) is 0 Å². The number of benzene rings is 2. The van der Waals surface area contributed by atoms with E-state index in [0.29, 0.717) is 10.8 Å². The van der Waals surface area contributed by atoms with Gasteiger partial charge < -0.3 is 9.30 Å². The summed E-state index contributed by atoms with van der Waals surface area (Å²) in [7, 11) is 0. The van der Waals surface area contributed by atoms with Gasteiger partial charge in [-0.15, -0.1) is 11.3 Å². The number of imidazole rings is 1. The number of ether oxygens (including phenoxy) is 1. The monoisotopic (exact) mass is 541 g/mol. The molecule has 2 aromatic carbocycles. The van der Waals surface area contributed by atoms with Crippen LogP contribution in [0, 0.1) is 6.92 Å². The highest BCUT2D eigenvalue weighted by Crippen LogP contribution is 2.37. The molecule has 9 heteroatoms. The summed E-state index contributed by atoms with van der Waals surface area (Å²) in [5.74, 6) is 0.687. The van der Waals surface area contributed by atoms with Crippen molar-refractivity contribution in [2.75, 3.05) is 0 Å². The fourth-order valence-corrected chi connectivity index (χ4v) is 6.19. The molecule has 6 rings (SSSR count). The lowest BCUT2D eigenvalue weighted by molar-refractivity contribution is 0.306. The molecule has 0 N–H and O–H groups in total. The molecule has 0 aliphatic heterocycles. The van der Waals surface area contributed by atoms with Gasteiger partial charge in [0.1, 0.15) is 17.9 Å². The van der Waals surface area contributed by atoms with Crippen LogP contribution >= 0.6 is 34.7 Å². The molecule has 0 fully saturated rings. The predicted molar refractivity (Wildman–Crippen MR) is 149 cm³/mol. The number of aromatic nitrogens is 5. The number of hydrogen-bond acceptors (Lipinski definition) is 7. The zero-order valence-corrected chi connectivity index (χ0v) is 22.1. The van der Waals surface area contributed by atoms with Crippen LogP contribution in [0.25, 0.3) is 27.8 Å². The number of para-hydroxylation sites is 1. The Labute approximate surface area is 227 Å². The average molecular weight is 542 g/mol. The molecule has 0 spiro atoms. The fraction of sp³-hybridized carbons (Fsp3) is 0.0714. The molecule has 0 saturated carbocycles. The van der Waals surface area contributed by atoms with Crippen LogP contribution in [0.1, 0.15) is 11.3 Å². The van der Waals surface area contributed by atoms with Crippen molar-refractivity contribution in [1.82, 2.24) is 24.5 Å². The number of nitrogens with zero attached hydrogens (tertiary/aromatic N) is 5. The largest absolute Gasteiger partial charge is 0.487 e. The van der Waals surface area contributed by atoms with Gasteiger partial charge in [-0.1, -0.05) is 65.8 Å². The molecule has 182 valence electrons. The van der Waals surface area contributed by atoms with E-state index in [1.807, 2.05) is 66.3 Å². The molecule has 6 nitrogen and oxygen atoms in total. The van der Waals surface area contributed by atoms with Crippen LogP contribution in [0.5, 0.6) is 5.75 Å². The van der Waals surface area contributed by atoms with Gasteiger partial charge in [-0.05, 0) is 19.1 Å². The highest BCUT2D eigenvalue weighted by Gasteiger charge is 2.15. The third-order valence-corrected chi connectivity index (χ3v) is 8.11. The maximum Gasteiger partial charge on any atom is 0.155 e. The zero-order valence-electron chi connectivity index (χ0n) is 19.7. The minimum absolute atomic E-state index is 0.274. The lowest BCUT2D eigenvalue weighted by Crippen LogP contribution is -2.02. The van der Waals surface area contributed by atoms with E-state index in [9.17, 15) is 0 Å². The number of hydrogen-bond donors (Lipinski definition) is 0. The van der Waals surface area contributed by atoms with E-state index in [-0.39, 0.29) is 6.61 Å². The normalized spacial score (nSPS) is 11.2. The number of rotatable bonds is 7. The Morgan fingerprint density at radius 1 is 1.03 bits per heavy atom. The molecule has 0 aliphatic carbocycles. The van der Waals surface area contributed by atoms with Gasteiger partial charge >= 0.3 is 0 Å². The molecule has 0 unspecified atom stereocenters. The van der Waals surface area contributed by atoms with E-state index in [1.54, 1.807) is 41.8 Å². The zero-order chi connectivity index (χ0) is 25.2. The Balaban J connectivity index is 1.29. The molecule has 0 aliphatic rings. The summed E-state index contributed by atoms with van der Waals surface area (Å²) in [6.45, 7) is 2.25. The predicted octanol–water partition coefficient (Wildman–Crippen LogP) is 7.63. The molecule has 0 atom stereocenters. The molecular formula is C28H20ClN5OS2. The molecule has 0 radical (unpaired) electrons. The Kier molecular flexibility index (Phi) is 6.61. The first-order valence-corrected chi connectivity index (χ1v) is 13.6. The van der Waals surface area contributed by atoms with Crippen LogP contribution in [0.2, 0.25) is 5.02 Å². The number of aryl methyl sites for hydroxylation is 1. The van der Waals surface area contributed by atoms with Crippen LogP contribution in [-0.2, 0) is 6.61 Å². The number of thiazole rings is 1. The third kappa shape index (κ3) is 4.96. The first-order chi connectivity index (χ1) is 18.2. The van der Waals surface area contributed by atoms with Crippen LogP contribution in [0.15, 0.2) is 100 Å². The summed E-state index contributed by atoms with van der Waals surface area (Å²) in [6, 6.07) is 18.1. The summed E-state index contributed by atoms with van der Waals surface area (Å²) < 4.78 is 9.23. The van der Waals surface area contributed by atoms with Crippen molar-refractivity contribution in [3.05, 3.63) is 107 Å². The maximum atomic E-state index is 6.60. The standard InChI is InChI=1S/C28H20ClN5OS2/c1-18-12-24(34-11-10-30-17-34)20-8-5-9-25(27(20)32-18)35-15-21-22(29)13-31-14-26(21)37-28-33-23(16-36-28)19-6-3-2-4-7-19/h2-14,16-17H,15H2,1H3. The van der Waals surface area contributed by atoms with E-state index in [4.69, 9.17) is 26.3 Å². The van der Waals surface area contributed by atoms with E-state index in [1.165, 1.54) is 0 Å². The quantitative estimate of drug-likeness (QED) is 0.207. The SMILES string of the molecule is Cc1cc(-n2ccnc2)c2cccc(OCc3c(Cl)cncc3Sc3nc(-c4ccccc4)cs3)c2n1. The van der Waals surface area contributed by atoms with Gasteiger partial charge in [0, 0.05) is 57.3 Å². The van der Waals surface area contributed by atoms with Crippen LogP contribution in [-0.4, -0.2) is 24.5 Å². The first kappa shape index (κ1) is 23.7. The molecule has 4 heterocycles. The van der Waals surface area contributed by atoms with Crippen LogP contribution in [0.4, 0.5) is 0 Å². The van der Waals surface area contributed by atoms with Crippen molar-refractivity contribution in [1.29, 1.82) is 0 Å². The Morgan fingerprint density at radius 3 is 2.76 bits per heavy atom. The highest BCUT2D eigenvalue weighted by atomic mass is 35.5. The molecule has 0 saturated heterocycles. The summed E-state index contributed by atoms with van der Waals surface area (Å²) >= 11 is 9.74. The summed E-state index contributed by atoms with van der Waals surface area (Å²) in [6.07, 6.45) is 8.91. The first-order valence-electron chi connectivity index (χ1n) is 11.5. The molecular weight excluding hydrogens is 522 g/mol. The minimum Gasteiger partial charge on any atom is -0.487 e. The lowest BCUT2D eigenvalue weighted by atomic mass is 10.1. The van der Waals surface area contributed by atoms with Gasteiger partial charge in [-0.25, -0.2) is 15.0 Å². The van der Waals surface area contributed by atoms with Crippen molar-refractivity contribution < 1.29 is 4.74 Å². The van der Waals surface area contributed by atoms with Crippen molar-refractivity contribution in [2.45, 2.75) is 22.8 Å². The smallest absolute Gasteiger partial charge is 0.155 e. The molecule has 0 bridgehead atoms. The average Bonchev–Trinajstić information content (AvgIpc) is 3.61. The van der Waals surface area contributed by atoms with Crippen LogP contribution < -0.4 is 4.74 Å². The van der Waals surface area contributed by atoms with Gasteiger partial charge in [-0.3, -0.25) is 4.98 Å². The highest BCUT2D eigenvalue weighted by molar-refractivity contribution is 8.01. The van der Waals surface area contributed by atoms with Crippen molar-refractivity contribution >= 4 is 45.6 Å². The van der Waals surface area contributed by atoms with E-state index < -0.39 is 0 Å². The maximum absolute atomic E-state index is 6.60.